The number of amides is 2. The number of piperidine rings is 1. The molecule has 0 spiro atoms. The lowest BCUT2D eigenvalue weighted by molar-refractivity contribution is -0.122. The van der Waals surface area contributed by atoms with Crippen LogP contribution in [0.15, 0.2) is 42.5 Å². The molecule has 1 heterocycles. The molecule has 1 saturated heterocycles. The molecule has 6 nitrogen and oxygen atoms in total. The maximum Gasteiger partial charge on any atom is 0.253 e. The summed E-state index contributed by atoms with van der Waals surface area (Å²) in [5.41, 5.74) is 8.54. The van der Waals surface area contributed by atoms with Gasteiger partial charge in [-0.25, -0.2) is 0 Å². The number of hydrogen-bond donors (Lipinski definition) is 2. The lowest BCUT2D eigenvalue weighted by Crippen LogP contribution is -2.41. The maximum absolute atomic E-state index is 13.1. The van der Waals surface area contributed by atoms with Crippen molar-refractivity contribution in [3.8, 4) is 6.07 Å². The van der Waals surface area contributed by atoms with Crippen molar-refractivity contribution in [3.05, 3.63) is 64.7 Å². The third-order valence-electron chi connectivity index (χ3n) is 6.21. The molecule has 0 aliphatic carbocycles. The quantitative estimate of drug-likeness (QED) is 0.670. The predicted molar refractivity (Wildman–Crippen MR) is 129 cm³/mol. The van der Waals surface area contributed by atoms with Gasteiger partial charge in [-0.1, -0.05) is 30.4 Å². The van der Waals surface area contributed by atoms with Crippen LogP contribution >= 0.6 is 12.2 Å². The number of hydrogen-bond acceptors (Lipinski definition) is 4. The van der Waals surface area contributed by atoms with E-state index in [4.69, 9.17) is 23.2 Å². The van der Waals surface area contributed by atoms with E-state index in [1.165, 1.54) is 5.56 Å². The van der Waals surface area contributed by atoms with E-state index >= 15 is 0 Å². The number of likely N-dealkylation sites (tertiary alicyclic amines) is 1. The summed E-state index contributed by atoms with van der Waals surface area (Å²) in [6.07, 6.45) is 1.76. The highest BCUT2D eigenvalue weighted by Gasteiger charge is 2.31. The van der Waals surface area contributed by atoms with E-state index in [2.05, 4.69) is 11.4 Å². The Bertz CT molecular complexity index is 1080. The minimum atomic E-state index is -0.991. The van der Waals surface area contributed by atoms with Crippen molar-refractivity contribution in [1.82, 2.24) is 4.90 Å². The average Bonchev–Trinajstić information content (AvgIpc) is 2.80. The number of nitriles is 1. The van der Waals surface area contributed by atoms with Gasteiger partial charge >= 0.3 is 0 Å². The fraction of sp³-hybridized carbons (Fsp3) is 0.360. The molecule has 2 aromatic carbocycles. The van der Waals surface area contributed by atoms with Crippen LogP contribution in [0.3, 0.4) is 0 Å². The Labute approximate surface area is 194 Å². The first-order valence-corrected chi connectivity index (χ1v) is 11.1. The molecule has 32 heavy (non-hydrogen) atoms. The summed E-state index contributed by atoms with van der Waals surface area (Å²) < 4.78 is 0. The van der Waals surface area contributed by atoms with Crippen molar-refractivity contribution in [2.45, 2.75) is 39.5 Å². The van der Waals surface area contributed by atoms with E-state index in [0.717, 1.165) is 18.4 Å². The molecule has 0 atom stereocenters. The first-order chi connectivity index (χ1) is 15.1. The van der Waals surface area contributed by atoms with Crippen LogP contribution in [0.1, 0.15) is 59.7 Å². The summed E-state index contributed by atoms with van der Waals surface area (Å²) in [5.74, 6) is -0.146. The highest BCUT2D eigenvalue weighted by molar-refractivity contribution is 7.80. The Hall–Kier alpha value is -3.24. The smallest absolute Gasteiger partial charge is 0.253 e. The molecule has 0 radical (unpaired) electrons. The summed E-state index contributed by atoms with van der Waals surface area (Å²) in [6, 6.07) is 15.3. The second kappa shape index (κ2) is 9.49. The molecule has 0 bridgehead atoms. The second-order valence-electron chi connectivity index (χ2n) is 8.77. The van der Waals surface area contributed by atoms with Crippen LogP contribution in [-0.2, 0) is 4.79 Å². The number of aryl methyl sites for hydroxylation is 1. The van der Waals surface area contributed by atoms with Crippen molar-refractivity contribution in [2.75, 3.05) is 18.4 Å². The van der Waals surface area contributed by atoms with Gasteiger partial charge < -0.3 is 16.0 Å². The molecule has 0 aromatic heterocycles. The molecular weight excluding hydrogens is 420 g/mol. The van der Waals surface area contributed by atoms with Crippen LogP contribution < -0.4 is 11.1 Å². The average molecular weight is 449 g/mol. The van der Waals surface area contributed by atoms with Gasteiger partial charge in [0.15, 0.2) is 0 Å². The molecule has 3 N–H and O–H groups in total. The Morgan fingerprint density at radius 3 is 2.34 bits per heavy atom. The van der Waals surface area contributed by atoms with Gasteiger partial charge in [0.2, 0.25) is 5.91 Å². The first-order valence-electron chi connectivity index (χ1n) is 10.6. The number of nitrogens with zero attached hydrogens (tertiary/aromatic N) is 2. The normalized spacial score (nSPS) is 14.5. The van der Waals surface area contributed by atoms with E-state index in [9.17, 15) is 9.59 Å². The molecule has 1 aliphatic heterocycles. The molecule has 1 aliphatic rings. The fourth-order valence-corrected chi connectivity index (χ4v) is 3.92. The summed E-state index contributed by atoms with van der Waals surface area (Å²) in [4.78, 5) is 27.0. The van der Waals surface area contributed by atoms with Crippen molar-refractivity contribution >= 4 is 34.7 Å². The number of benzene rings is 2. The van der Waals surface area contributed by atoms with Crippen LogP contribution in [0.25, 0.3) is 0 Å². The summed E-state index contributed by atoms with van der Waals surface area (Å²) in [5, 5.41) is 12.1. The monoisotopic (exact) mass is 448 g/mol. The summed E-state index contributed by atoms with van der Waals surface area (Å²) in [7, 11) is 0. The third-order valence-corrected chi connectivity index (χ3v) is 6.82. The van der Waals surface area contributed by atoms with E-state index in [1.54, 1.807) is 19.9 Å². The number of carbonyl (C=O) groups is 2. The zero-order valence-corrected chi connectivity index (χ0v) is 19.5. The van der Waals surface area contributed by atoms with Gasteiger partial charge in [-0.15, -0.1) is 0 Å². The topological polar surface area (TPSA) is 99.2 Å². The van der Waals surface area contributed by atoms with Crippen LogP contribution in [0.4, 0.5) is 5.69 Å². The number of rotatable bonds is 5. The molecule has 1 fully saturated rings. The molecule has 2 amide bonds. The standard InChI is InChI=1S/C25H28N4O2S/c1-16-4-7-20(14-21(16)28-24(32)25(2,3)23(27)31)22(30)29-12-10-19(11-13-29)18-8-5-17(15-26)6-9-18/h4-9,14,19H,10-13H2,1-3H3,(H2,27,31)(H,28,32). The molecule has 0 unspecified atom stereocenters. The van der Waals surface area contributed by atoms with Crippen LogP contribution in [0, 0.1) is 23.7 Å². The van der Waals surface area contributed by atoms with Gasteiger partial charge in [-0.05, 0) is 74.9 Å². The second-order valence-corrected chi connectivity index (χ2v) is 9.18. The van der Waals surface area contributed by atoms with Crippen LogP contribution in [0.2, 0.25) is 0 Å². The number of nitrogens with two attached hydrogens (primary N) is 1. The third kappa shape index (κ3) is 4.97. The van der Waals surface area contributed by atoms with Crippen LogP contribution in [0.5, 0.6) is 0 Å². The molecule has 7 heteroatoms. The fourth-order valence-electron chi connectivity index (χ4n) is 3.71. The minimum absolute atomic E-state index is 0.0218. The molecule has 166 valence electrons. The van der Waals surface area contributed by atoms with Crippen LogP contribution in [-0.4, -0.2) is 34.8 Å². The number of anilines is 1. The SMILES string of the molecule is Cc1ccc(C(=O)N2CCC(c3ccc(C#N)cc3)CC2)cc1NC(=S)C(C)(C)C(N)=O. The van der Waals surface area contributed by atoms with Gasteiger partial charge in [0.1, 0.15) is 0 Å². The molecular formula is C25H28N4O2S. The Balaban J connectivity index is 1.68. The number of nitrogens with one attached hydrogen (secondary N) is 1. The van der Waals surface area contributed by atoms with E-state index < -0.39 is 11.3 Å². The van der Waals surface area contributed by atoms with E-state index in [-0.39, 0.29) is 5.91 Å². The zero-order valence-electron chi connectivity index (χ0n) is 18.6. The van der Waals surface area contributed by atoms with Gasteiger partial charge in [-0.3, -0.25) is 9.59 Å². The Kier molecular flexibility index (Phi) is 6.95. The minimum Gasteiger partial charge on any atom is -0.369 e. The lowest BCUT2D eigenvalue weighted by Gasteiger charge is -2.32. The van der Waals surface area contributed by atoms with Crippen molar-refractivity contribution in [1.29, 1.82) is 5.26 Å². The first kappa shape index (κ1) is 23.4. The van der Waals surface area contributed by atoms with Gasteiger partial charge in [0.25, 0.3) is 5.91 Å². The lowest BCUT2D eigenvalue weighted by atomic mass is 9.89. The predicted octanol–water partition coefficient (Wildman–Crippen LogP) is 4.14. The zero-order chi connectivity index (χ0) is 23.5. The summed E-state index contributed by atoms with van der Waals surface area (Å²) in [6.45, 7) is 6.61. The van der Waals surface area contributed by atoms with Crippen molar-refractivity contribution in [2.24, 2.45) is 11.1 Å². The number of carbonyl (C=O) groups excluding carboxylic acids is 2. The molecule has 2 aromatic rings. The highest BCUT2D eigenvalue weighted by atomic mass is 32.1. The number of primary amides is 1. The van der Waals surface area contributed by atoms with E-state index in [0.29, 0.717) is 40.8 Å². The Morgan fingerprint density at radius 2 is 1.78 bits per heavy atom. The van der Waals surface area contributed by atoms with Crippen molar-refractivity contribution in [3.63, 3.8) is 0 Å². The van der Waals surface area contributed by atoms with Gasteiger partial charge in [0.05, 0.1) is 22.0 Å². The molecule has 0 saturated carbocycles. The highest BCUT2D eigenvalue weighted by Crippen LogP contribution is 2.29. The molecule has 3 rings (SSSR count). The summed E-state index contributed by atoms with van der Waals surface area (Å²) >= 11 is 5.39. The Morgan fingerprint density at radius 1 is 1.16 bits per heavy atom. The van der Waals surface area contributed by atoms with Crippen molar-refractivity contribution < 1.29 is 9.59 Å². The number of thiocarbonyl (C=S) groups is 1. The van der Waals surface area contributed by atoms with E-state index in [1.807, 2.05) is 48.2 Å². The maximum atomic E-state index is 13.1. The van der Waals surface area contributed by atoms with Gasteiger partial charge in [-0.2, -0.15) is 5.26 Å². The van der Waals surface area contributed by atoms with Gasteiger partial charge in [0, 0.05) is 24.3 Å². The largest absolute Gasteiger partial charge is 0.369 e.